The SMILES string of the molecule is [O-][Cl+3]([O-])([O-])[O-].[O]=[Bi+]. The van der Waals surface area contributed by atoms with E-state index in [1.165, 1.54) is 0 Å². The topological polar surface area (TPSA) is 109 Å². The van der Waals surface area contributed by atoms with E-state index < -0.39 is 10.2 Å². The molecule has 0 bridgehead atoms. The monoisotopic (exact) mass is 324 g/mol. The predicted molar refractivity (Wildman–Crippen MR) is 6.44 cm³/mol. The molecule has 0 heterocycles. The summed E-state index contributed by atoms with van der Waals surface area (Å²) in [5.41, 5.74) is 0. The minimum atomic E-state index is -4.94. The van der Waals surface area contributed by atoms with Gasteiger partial charge in [0, 0.05) is 0 Å². The van der Waals surface area contributed by atoms with Gasteiger partial charge in [-0.15, -0.1) is 10.2 Å². The summed E-state index contributed by atoms with van der Waals surface area (Å²) in [6, 6.07) is 0. The van der Waals surface area contributed by atoms with Crippen molar-refractivity contribution in [1.82, 2.24) is 0 Å². The molecule has 0 aliphatic heterocycles. The third-order valence-electron chi connectivity index (χ3n) is 0. The van der Waals surface area contributed by atoms with Crippen molar-refractivity contribution in [1.29, 1.82) is 0 Å². The third kappa shape index (κ3) is 239. The Bertz CT molecular complexity index is 31.8. The van der Waals surface area contributed by atoms with Crippen LogP contribution in [-0.2, 0) is 2.81 Å². The molecule has 7 heavy (non-hydrogen) atoms. The van der Waals surface area contributed by atoms with E-state index in [1.54, 1.807) is 0 Å². The zero-order chi connectivity index (χ0) is 6.50. The Morgan fingerprint density at radius 3 is 1.00 bits per heavy atom. The van der Waals surface area contributed by atoms with Crippen LogP contribution in [-0.4, -0.2) is 24.7 Å². The second-order valence-electron chi connectivity index (χ2n) is 0.378. The van der Waals surface area contributed by atoms with Gasteiger partial charge in [-0.2, -0.15) is 0 Å². The molecular formula is BiClO5. The fourth-order valence-corrected chi connectivity index (χ4v) is 0. The second-order valence-corrected chi connectivity index (χ2v) is 1.13. The maximum atomic E-state index is 8.49. The van der Waals surface area contributed by atoms with Crippen molar-refractivity contribution in [2.45, 2.75) is 0 Å². The van der Waals surface area contributed by atoms with E-state index in [0.29, 0.717) is 0 Å². The first-order valence-electron chi connectivity index (χ1n) is 0.800. The van der Waals surface area contributed by atoms with Crippen molar-refractivity contribution in [3.05, 3.63) is 0 Å². The van der Waals surface area contributed by atoms with Crippen LogP contribution in [0.5, 0.6) is 0 Å². The first kappa shape index (κ1) is 10.7. The van der Waals surface area contributed by atoms with Crippen LogP contribution in [0.3, 0.4) is 0 Å². The molecule has 0 aromatic carbocycles. The van der Waals surface area contributed by atoms with E-state index >= 15 is 0 Å². The molecule has 42 valence electrons. The molecule has 0 aliphatic carbocycles. The normalized spacial score (nSPS) is 9.14. The Kier molecular flexibility index (Phi) is 7.60. The quantitative estimate of drug-likeness (QED) is 0.414. The summed E-state index contributed by atoms with van der Waals surface area (Å²) in [4.78, 5) is 0. The van der Waals surface area contributed by atoms with Crippen LogP contribution in [0.2, 0.25) is 0 Å². The fraction of sp³-hybridized carbons (Fsp3) is 0. The molecule has 7 heteroatoms. The minimum absolute atomic E-state index is 0.194. The molecule has 0 aromatic heterocycles. The van der Waals surface area contributed by atoms with Crippen LogP contribution in [0, 0.1) is 10.2 Å². The van der Waals surface area contributed by atoms with Crippen molar-refractivity contribution in [2.24, 2.45) is 0 Å². The summed E-state index contributed by atoms with van der Waals surface area (Å²) in [5.74, 6) is 0. The van der Waals surface area contributed by atoms with Crippen molar-refractivity contribution in [2.75, 3.05) is 0 Å². The van der Waals surface area contributed by atoms with Crippen LogP contribution >= 0.6 is 0 Å². The summed E-state index contributed by atoms with van der Waals surface area (Å²) >= 11 is 0.194. The van der Waals surface area contributed by atoms with E-state index in [9.17, 15) is 0 Å². The van der Waals surface area contributed by atoms with Gasteiger partial charge in [0.1, 0.15) is 0 Å². The molecule has 0 unspecified atom stereocenters. The van der Waals surface area contributed by atoms with Gasteiger partial charge in [-0.1, -0.05) is 0 Å². The molecule has 2 radical (unpaired) electrons. The second kappa shape index (κ2) is 4.96. The molecule has 0 amide bonds. The summed E-state index contributed by atoms with van der Waals surface area (Å²) < 4.78 is 42.3. The average Bonchev–Trinajstić information content (AvgIpc) is 1.36. The van der Waals surface area contributed by atoms with Crippen LogP contribution in [0.4, 0.5) is 0 Å². The van der Waals surface area contributed by atoms with Gasteiger partial charge in [-0.25, -0.2) is 18.6 Å². The fourth-order valence-electron chi connectivity index (χ4n) is 0. The van der Waals surface area contributed by atoms with Gasteiger partial charge in [0.05, 0.1) is 0 Å². The molecule has 0 fully saturated rings. The number of hydrogen-bond donors (Lipinski definition) is 0. The van der Waals surface area contributed by atoms with Crippen molar-refractivity contribution < 1.29 is 31.7 Å². The van der Waals surface area contributed by atoms with Gasteiger partial charge >= 0.3 is 27.5 Å². The van der Waals surface area contributed by atoms with E-state index in [0.717, 1.165) is 0 Å². The Morgan fingerprint density at radius 2 is 1.00 bits per heavy atom. The number of halogens is 1. The average molecular weight is 324 g/mol. The van der Waals surface area contributed by atoms with Crippen LogP contribution in [0.15, 0.2) is 0 Å². The molecule has 0 atom stereocenters. The molecule has 0 N–H and O–H groups in total. The van der Waals surface area contributed by atoms with Gasteiger partial charge in [-0.3, -0.25) is 0 Å². The zero-order valence-corrected chi connectivity index (χ0v) is 7.10. The Hall–Kier alpha value is 0.813. The number of rotatable bonds is 0. The maximum absolute atomic E-state index is 8.49. The van der Waals surface area contributed by atoms with Gasteiger partial charge < -0.3 is 0 Å². The standard InChI is InChI=1S/Bi.ClHO4.O/c;2-1(3,4)5;/h;(H,2,3,4,5);/q+1;;/p-1. The summed E-state index contributed by atoms with van der Waals surface area (Å²) in [5, 5.41) is 0. The van der Waals surface area contributed by atoms with E-state index in [1.807, 2.05) is 0 Å². The molecule has 0 rings (SSSR count). The van der Waals surface area contributed by atoms with E-state index in [2.05, 4.69) is 0 Å². The van der Waals surface area contributed by atoms with E-state index in [4.69, 9.17) is 21.4 Å². The molecule has 0 saturated carbocycles. The molecule has 0 saturated heterocycles. The summed E-state index contributed by atoms with van der Waals surface area (Å²) in [7, 11) is -4.94. The van der Waals surface area contributed by atoms with E-state index in [-0.39, 0.29) is 24.7 Å². The van der Waals surface area contributed by atoms with Crippen LogP contribution in [0.1, 0.15) is 0 Å². The Balaban J connectivity index is 0. The molecule has 0 aliphatic rings. The van der Waals surface area contributed by atoms with Crippen molar-refractivity contribution in [3.63, 3.8) is 0 Å². The van der Waals surface area contributed by atoms with Gasteiger partial charge in [0.15, 0.2) is 0 Å². The van der Waals surface area contributed by atoms with Gasteiger partial charge in [-0.05, 0) is 0 Å². The molecular weight excluding hydrogens is 324 g/mol. The van der Waals surface area contributed by atoms with Gasteiger partial charge in [0.2, 0.25) is 0 Å². The van der Waals surface area contributed by atoms with Gasteiger partial charge in [0.25, 0.3) is 0 Å². The molecule has 0 aromatic rings. The Morgan fingerprint density at radius 1 is 1.00 bits per heavy atom. The van der Waals surface area contributed by atoms with Crippen LogP contribution < -0.4 is 18.6 Å². The first-order chi connectivity index (χ1) is 3.00. The predicted octanol–water partition coefficient (Wildman–Crippen LogP) is -5.26. The Labute approximate surface area is 56.6 Å². The van der Waals surface area contributed by atoms with Crippen molar-refractivity contribution in [3.8, 4) is 0 Å². The zero-order valence-electron chi connectivity index (χ0n) is 2.87. The third-order valence-corrected chi connectivity index (χ3v) is 0. The number of hydrogen-bond acceptors (Lipinski definition) is 5. The van der Waals surface area contributed by atoms with Crippen molar-refractivity contribution >= 4 is 24.7 Å². The molecule has 0 spiro atoms. The summed E-state index contributed by atoms with van der Waals surface area (Å²) in [6.07, 6.45) is 0. The first-order valence-corrected chi connectivity index (χ1v) is 3.45. The summed E-state index contributed by atoms with van der Waals surface area (Å²) in [6.45, 7) is 0. The molecule has 5 nitrogen and oxygen atoms in total. The van der Waals surface area contributed by atoms with Crippen LogP contribution in [0.25, 0.3) is 0 Å².